The van der Waals surface area contributed by atoms with Gasteiger partial charge in [-0.25, -0.2) is 0 Å². The second kappa shape index (κ2) is 7.24. The maximum absolute atomic E-state index is 12.1. The van der Waals surface area contributed by atoms with Crippen LogP contribution in [0.1, 0.15) is 38.2 Å². The Morgan fingerprint density at radius 3 is 2.32 bits per heavy atom. The van der Waals surface area contributed by atoms with E-state index >= 15 is 0 Å². The lowest BCUT2D eigenvalue weighted by Gasteiger charge is -2.28. The Balaban J connectivity index is 1.83. The van der Waals surface area contributed by atoms with Gasteiger partial charge in [-0.2, -0.15) is 8.42 Å². The van der Waals surface area contributed by atoms with E-state index in [9.17, 15) is 13.2 Å². The van der Waals surface area contributed by atoms with Crippen LogP contribution in [0.5, 0.6) is 0 Å². The van der Waals surface area contributed by atoms with Crippen LogP contribution >= 0.6 is 0 Å². The molecule has 1 aromatic rings. The zero-order chi connectivity index (χ0) is 16.2. The van der Waals surface area contributed by atoms with Gasteiger partial charge in [0.1, 0.15) is 0 Å². The lowest BCUT2D eigenvalue weighted by Crippen LogP contribution is -2.36. The lowest BCUT2D eigenvalue weighted by atomic mass is 9.86. The third-order valence-electron chi connectivity index (χ3n) is 4.02. The molecule has 22 heavy (non-hydrogen) atoms. The average molecular weight is 325 g/mol. The number of benzene rings is 1. The molecule has 122 valence electrons. The molecule has 5 nitrogen and oxygen atoms in total. The molecule has 0 aromatic heterocycles. The highest BCUT2D eigenvalue weighted by molar-refractivity contribution is 7.86. The van der Waals surface area contributed by atoms with Crippen LogP contribution in [0.3, 0.4) is 0 Å². The SMILES string of the molecule is CC(=O)NC1CCC(COS(=O)(=O)c2ccc(C)cc2)CC1. The van der Waals surface area contributed by atoms with Crippen molar-refractivity contribution in [3.05, 3.63) is 29.8 Å². The van der Waals surface area contributed by atoms with E-state index < -0.39 is 10.1 Å². The molecule has 1 fully saturated rings. The molecule has 6 heteroatoms. The number of hydrogen-bond donors (Lipinski definition) is 1. The van der Waals surface area contributed by atoms with Gasteiger partial charge in [-0.05, 0) is 50.7 Å². The van der Waals surface area contributed by atoms with E-state index in [0.717, 1.165) is 31.2 Å². The van der Waals surface area contributed by atoms with Gasteiger partial charge in [-0.15, -0.1) is 0 Å². The summed E-state index contributed by atoms with van der Waals surface area (Å²) in [5.74, 6) is 0.215. The van der Waals surface area contributed by atoms with Gasteiger partial charge in [-0.3, -0.25) is 8.98 Å². The molecule has 1 aliphatic rings. The number of carbonyl (C=O) groups is 1. The van der Waals surface area contributed by atoms with Gasteiger partial charge >= 0.3 is 0 Å². The van der Waals surface area contributed by atoms with E-state index in [1.807, 2.05) is 6.92 Å². The predicted molar refractivity (Wildman–Crippen MR) is 83.9 cm³/mol. The first kappa shape index (κ1) is 17.0. The van der Waals surface area contributed by atoms with Crippen LogP contribution in [0.4, 0.5) is 0 Å². The number of nitrogens with one attached hydrogen (secondary N) is 1. The lowest BCUT2D eigenvalue weighted by molar-refractivity contribution is -0.119. The second-order valence-electron chi connectivity index (χ2n) is 5.97. The molecule has 0 radical (unpaired) electrons. The first-order chi connectivity index (χ1) is 10.4. The fourth-order valence-electron chi connectivity index (χ4n) is 2.72. The number of hydrogen-bond acceptors (Lipinski definition) is 4. The van der Waals surface area contributed by atoms with Crippen LogP contribution in [0.25, 0.3) is 0 Å². The van der Waals surface area contributed by atoms with Gasteiger partial charge in [0.25, 0.3) is 10.1 Å². The highest BCUT2D eigenvalue weighted by Crippen LogP contribution is 2.26. The Morgan fingerprint density at radius 2 is 1.77 bits per heavy atom. The Bertz CT molecular complexity index is 602. The van der Waals surface area contributed by atoms with Crippen molar-refractivity contribution < 1.29 is 17.4 Å². The zero-order valence-corrected chi connectivity index (χ0v) is 13.9. The first-order valence-electron chi connectivity index (χ1n) is 7.60. The van der Waals surface area contributed by atoms with Crippen molar-refractivity contribution in [1.82, 2.24) is 5.32 Å². The molecule has 1 aromatic carbocycles. The minimum absolute atomic E-state index is 0.0124. The maximum Gasteiger partial charge on any atom is 0.296 e. The Hall–Kier alpha value is -1.40. The molecule has 0 heterocycles. The molecule has 0 spiro atoms. The molecule has 0 atom stereocenters. The minimum Gasteiger partial charge on any atom is -0.354 e. The molecule has 2 rings (SSSR count). The minimum atomic E-state index is -3.68. The number of rotatable bonds is 5. The molecular weight excluding hydrogens is 302 g/mol. The van der Waals surface area contributed by atoms with Crippen molar-refractivity contribution in [1.29, 1.82) is 0 Å². The summed E-state index contributed by atoms with van der Waals surface area (Å²) in [7, 11) is -3.68. The van der Waals surface area contributed by atoms with E-state index in [0.29, 0.717) is 0 Å². The molecule has 0 aliphatic heterocycles. The summed E-state index contributed by atoms with van der Waals surface area (Å²) in [4.78, 5) is 11.2. The summed E-state index contributed by atoms with van der Waals surface area (Å²) in [5, 5.41) is 2.91. The quantitative estimate of drug-likeness (QED) is 0.844. The van der Waals surface area contributed by atoms with Crippen LogP contribution in [0, 0.1) is 12.8 Å². The standard InChI is InChI=1S/C16H23NO4S/c1-12-3-9-16(10-4-12)22(19,20)21-11-14-5-7-15(8-6-14)17-13(2)18/h3-4,9-10,14-15H,5-8,11H2,1-2H3,(H,17,18). The second-order valence-corrected chi connectivity index (χ2v) is 7.59. The molecule has 0 bridgehead atoms. The van der Waals surface area contributed by atoms with Crippen molar-refractivity contribution >= 4 is 16.0 Å². The third kappa shape index (κ3) is 4.81. The van der Waals surface area contributed by atoms with E-state index in [-0.39, 0.29) is 29.4 Å². The van der Waals surface area contributed by atoms with E-state index in [4.69, 9.17) is 4.18 Å². The topological polar surface area (TPSA) is 72.5 Å². The summed E-state index contributed by atoms with van der Waals surface area (Å²) in [5.41, 5.74) is 1.01. The van der Waals surface area contributed by atoms with Crippen LogP contribution in [-0.2, 0) is 19.1 Å². The van der Waals surface area contributed by atoms with Crippen LogP contribution < -0.4 is 5.32 Å². The molecule has 1 aliphatic carbocycles. The normalized spacial score (nSPS) is 22.3. The zero-order valence-electron chi connectivity index (χ0n) is 13.0. The first-order valence-corrected chi connectivity index (χ1v) is 9.01. The average Bonchev–Trinajstić information content (AvgIpc) is 2.46. The highest BCUT2D eigenvalue weighted by atomic mass is 32.2. The van der Waals surface area contributed by atoms with Crippen molar-refractivity contribution in [3.8, 4) is 0 Å². The molecule has 1 amide bonds. The summed E-state index contributed by atoms with van der Waals surface area (Å²) in [6.45, 7) is 3.64. The molecule has 0 saturated heterocycles. The Labute approximate surface area is 132 Å². The predicted octanol–water partition coefficient (Wildman–Crippen LogP) is 2.40. The number of amides is 1. The van der Waals surface area contributed by atoms with E-state index in [1.165, 1.54) is 6.92 Å². The molecular formula is C16H23NO4S. The van der Waals surface area contributed by atoms with Crippen molar-refractivity contribution in [2.24, 2.45) is 5.92 Å². The monoisotopic (exact) mass is 325 g/mol. The third-order valence-corrected chi connectivity index (χ3v) is 5.32. The van der Waals surface area contributed by atoms with E-state index in [1.54, 1.807) is 24.3 Å². The number of aryl methyl sites for hydroxylation is 1. The molecule has 0 unspecified atom stereocenters. The smallest absolute Gasteiger partial charge is 0.296 e. The summed E-state index contributed by atoms with van der Waals surface area (Å²) >= 11 is 0. The van der Waals surface area contributed by atoms with Gasteiger partial charge in [-0.1, -0.05) is 17.7 Å². The largest absolute Gasteiger partial charge is 0.354 e. The van der Waals surface area contributed by atoms with Crippen LogP contribution in [0.15, 0.2) is 29.2 Å². The van der Waals surface area contributed by atoms with Gasteiger partial charge in [0.05, 0.1) is 11.5 Å². The summed E-state index contributed by atoms with van der Waals surface area (Å²) in [6, 6.07) is 6.86. The molecule has 1 N–H and O–H groups in total. The van der Waals surface area contributed by atoms with Gasteiger partial charge in [0.2, 0.25) is 5.91 Å². The van der Waals surface area contributed by atoms with Crippen LogP contribution in [-0.4, -0.2) is 27.0 Å². The van der Waals surface area contributed by atoms with Gasteiger partial charge in [0, 0.05) is 13.0 Å². The van der Waals surface area contributed by atoms with Gasteiger partial charge in [0.15, 0.2) is 0 Å². The van der Waals surface area contributed by atoms with Crippen LogP contribution in [0.2, 0.25) is 0 Å². The van der Waals surface area contributed by atoms with Gasteiger partial charge < -0.3 is 5.32 Å². The number of carbonyl (C=O) groups excluding carboxylic acids is 1. The summed E-state index contributed by atoms with van der Waals surface area (Å²) in [6.07, 6.45) is 3.49. The van der Waals surface area contributed by atoms with Crippen molar-refractivity contribution in [2.75, 3.05) is 6.61 Å². The Morgan fingerprint density at radius 1 is 1.18 bits per heavy atom. The summed E-state index contributed by atoms with van der Waals surface area (Å²) < 4.78 is 29.4. The highest BCUT2D eigenvalue weighted by Gasteiger charge is 2.24. The van der Waals surface area contributed by atoms with Crippen molar-refractivity contribution in [3.63, 3.8) is 0 Å². The fourth-order valence-corrected chi connectivity index (χ4v) is 3.70. The fraction of sp³-hybridized carbons (Fsp3) is 0.562. The van der Waals surface area contributed by atoms with Crippen molar-refractivity contribution in [2.45, 2.75) is 50.5 Å². The van der Waals surface area contributed by atoms with E-state index in [2.05, 4.69) is 5.32 Å². The Kier molecular flexibility index (Phi) is 5.58. The maximum atomic E-state index is 12.1. The molecule has 1 saturated carbocycles.